The van der Waals surface area contributed by atoms with Crippen molar-refractivity contribution in [3.63, 3.8) is 0 Å². The molecule has 1 aromatic carbocycles. The van der Waals surface area contributed by atoms with Gasteiger partial charge in [0.1, 0.15) is 0 Å². The Morgan fingerprint density at radius 1 is 1.00 bits per heavy atom. The van der Waals surface area contributed by atoms with Crippen molar-refractivity contribution in [3.8, 4) is 0 Å². The molecule has 5 heteroatoms. The van der Waals surface area contributed by atoms with Gasteiger partial charge in [-0.1, -0.05) is 0 Å². The summed E-state index contributed by atoms with van der Waals surface area (Å²) in [5.41, 5.74) is 3.09. The van der Waals surface area contributed by atoms with Crippen molar-refractivity contribution in [2.75, 3.05) is 14.1 Å². The molecule has 2 rings (SSSR count). The van der Waals surface area contributed by atoms with Crippen molar-refractivity contribution >= 4 is 16.5 Å². The first-order valence-electron chi connectivity index (χ1n) is 6.88. The summed E-state index contributed by atoms with van der Waals surface area (Å²) in [4.78, 5) is 0. The summed E-state index contributed by atoms with van der Waals surface area (Å²) in [5, 5.41) is 0. The second-order valence-electron chi connectivity index (χ2n) is 6.64. The quantitative estimate of drug-likeness (QED) is 0.475. The molecule has 22 heavy (non-hydrogen) atoms. The average Bonchev–Trinajstić information content (AvgIpc) is 2.76. The van der Waals surface area contributed by atoms with Crippen molar-refractivity contribution in [1.82, 2.24) is 0 Å². The Morgan fingerprint density at radius 3 is 2.05 bits per heavy atom. The first kappa shape index (κ1) is 24.4. The molecule has 1 aliphatic rings. The third-order valence-corrected chi connectivity index (χ3v) is 6.99. The minimum absolute atomic E-state index is 0. The van der Waals surface area contributed by atoms with E-state index in [9.17, 15) is 0 Å². The molecule has 0 aromatic heterocycles. The van der Waals surface area contributed by atoms with Crippen molar-refractivity contribution in [1.29, 1.82) is 0 Å². The van der Waals surface area contributed by atoms with Gasteiger partial charge < -0.3 is 24.8 Å². The zero-order valence-electron chi connectivity index (χ0n) is 13.5. The van der Waals surface area contributed by atoms with Gasteiger partial charge in [0, 0.05) is 0 Å². The Morgan fingerprint density at radius 2 is 1.55 bits per heavy atom. The number of quaternary nitrogens is 1. The number of benzene rings is 1. The van der Waals surface area contributed by atoms with Crippen LogP contribution in [0.3, 0.4) is 0 Å². The predicted molar refractivity (Wildman–Crippen MR) is 90.3 cm³/mol. The summed E-state index contributed by atoms with van der Waals surface area (Å²) in [6.45, 7) is 7.03. The fourth-order valence-electron chi connectivity index (χ4n) is 1.96. The molecule has 0 atom stereocenters. The summed E-state index contributed by atoms with van der Waals surface area (Å²) < 4.78 is 2.81. The van der Waals surface area contributed by atoms with Gasteiger partial charge in [0.15, 0.2) is 0 Å². The van der Waals surface area contributed by atoms with Crippen LogP contribution in [0, 0.1) is 0 Å². The molecule has 0 radical (unpaired) electrons. The fraction of sp³-hybridized carbons (Fsp3) is 0.412. The van der Waals surface area contributed by atoms with Crippen molar-refractivity contribution in [2.24, 2.45) is 0 Å². The van der Waals surface area contributed by atoms with Gasteiger partial charge in [0.2, 0.25) is 0 Å². The van der Waals surface area contributed by atoms with Gasteiger partial charge in [-0.05, 0) is 11.0 Å². The van der Waals surface area contributed by atoms with E-state index in [0.717, 1.165) is 9.39 Å². The van der Waals surface area contributed by atoms with Crippen LogP contribution >= 0.6 is 0 Å². The Kier molecular flexibility index (Phi) is 10.5. The summed E-state index contributed by atoms with van der Waals surface area (Å²) in [6, 6.07) is 10.7. The van der Waals surface area contributed by atoms with Crippen molar-refractivity contribution in [3.05, 3.63) is 51.9 Å². The van der Waals surface area contributed by atoms with Gasteiger partial charge in [-0.3, -0.25) is 0 Å². The average molecular weight is 393 g/mol. The standard InChI is InChI=1S/C11H9.C6H15N.2ClH.H4Si.Ti/c1-2-6-10(7-3-1)11-8-4-5-9-11;1-6(2,3)7(4)5;;;;/h1-3,6-9H,4H2;1-5H3;2*1H;1H4;/q;;;;;+3/p-2. The maximum Gasteiger partial charge on any atom is -0.0149 e. The molecule has 1 aromatic rings. The van der Waals surface area contributed by atoms with Crippen LogP contribution in [0.2, 0.25) is 0 Å². The molecule has 1 aliphatic carbocycles. The van der Waals surface area contributed by atoms with Gasteiger partial charge >= 0.3 is 127 Å². The zero-order valence-corrected chi connectivity index (χ0v) is 16.5. The molecule has 0 spiro atoms. The van der Waals surface area contributed by atoms with Gasteiger partial charge in [0.05, 0.1) is 0 Å². The van der Waals surface area contributed by atoms with E-state index < -0.39 is 0 Å². The molecule has 0 amide bonds. The Bertz CT molecular complexity index is 519. The normalized spacial score (nSPS) is 13.7. The third kappa shape index (κ3) is 5.99. The predicted octanol–water partition coefficient (Wildman–Crippen LogP) is -3.21. The molecule has 0 bridgehead atoms. The van der Waals surface area contributed by atoms with E-state index >= 15 is 0 Å². The third-order valence-electron chi connectivity index (χ3n) is 4.08. The fourth-order valence-corrected chi connectivity index (χ4v) is 4.25. The summed E-state index contributed by atoms with van der Waals surface area (Å²) in [5.74, 6) is 0. The van der Waals surface area contributed by atoms with Crippen LogP contribution in [0.5, 0.6) is 0 Å². The first-order chi connectivity index (χ1) is 8.79. The molecule has 0 N–H and O–H groups in total. The van der Waals surface area contributed by atoms with Crippen molar-refractivity contribution < 1.29 is 47.2 Å². The number of allylic oxidation sites excluding steroid dienone is 4. The van der Waals surface area contributed by atoms with Gasteiger partial charge in [0.25, 0.3) is 0 Å². The largest absolute Gasteiger partial charge is 1.00 e. The second-order valence-corrected chi connectivity index (χ2v) is 9.73. The number of hydrogen-bond donors (Lipinski definition) is 0. The molecular formula is C17H28Cl2NSiTi+. The minimum Gasteiger partial charge on any atom is -1.00 e. The van der Waals surface area contributed by atoms with Crippen LogP contribution in [0.1, 0.15) is 32.8 Å². The van der Waals surface area contributed by atoms with Crippen LogP contribution in [0.4, 0.5) is 0 Å². The first-order valence-corrected chi connectivity index (χ1v) is 8.36. The number of halogens is 2. The number of nitrogens with zero attached hydrogens (tertiary/aromatic N) is 1. The summed E-state index contributed by atoms with van der Waals surface area (Å²) >= 11 is -0.139. The van der Waals surface area contributed by atoms with Gasteiger partial charge in [-0.25, -0.2) is 0 Å². The summed E-state index contributed by atoms with van der Waals surface area (Å²) in [6.07, 6.45) is 5.97. The molecule has 0 unspecified atom stereocenters. The molecule has 0 heterocycles. The van der Waals surface area contributed by atoms with E-state index in [0.29, 0.717) is 5.54 Å². The topological polar surface area (TPSA) is 0 Å². The molecule has 1 nitrogen and oxygen atoms in total. The Labute approximate surface area is 161 Å². The van der Waals surface area contributed by atoms with Crippen LogP contribution in [-0.2, 0) is 19.4 Å². The smallest absolute Gasteiger partial charge is 0.0149 e. The number of rotatable bonds is 3. The van der Waals surface area contributed by atoms with Gasteiger partial charge in [-0.2, -0.15) is 0 Å². The van der Waals surface area contributed by atoms with E-state index in [2.05, 4.69) is 77.4 Å². The molecule has 0 saturated heterocycles. The van der Waals surface area contributed by atoms with E-state index in [1.54, 1.807) is 3.88 Å². The SMILES string of the molecule is CC(C)(C)[N+](C)(C)[Ti+2][C]1=CC(c2ccccc2)=CC1.[Cl-].[Cl-].[SiH4]. The van der Waals surface area contributed by atoms with Crippen LogP contribution in [0.25, 0.3) is 5.57 Å². The van der Waals surface area contributed by atoms with E-state index in [4.69, 9.17) is 0 Å². The minimum atomic E-state index is -0.139. The van der Waals surface area contributed by atoms with Crippen molar-refractivity contribution in [2.45, 2.75) is 32.7 Å². The van der Waals surface area contributed by atoms with Crippen LogP contribution < -0.4 is 24.8 Å². The van der Waals surface area contributed by atoms with E-state index in [-0.39, 0.29) is 55.2 Å². The molecular weight excluding hydrogens is 365 g/mol. The second kappa shape index (κ2) is 9.46. The van der Waals surface area contributed by atoms with E-state index in [1.807, 2.05) is 0 Å². The van der Waals surface area contributed by atoms with E-state index in [1.165, 1.54) is 11.1 Å². The Hall–Kier alpha value is 0.171. The monoisotopic (exact) mass is 392 g/mol. The summed E-state index contributed by atoms with van der Waals surface area (Å²) in [7, 11) is 4.75. The zero-order chi connectivity index (χ0) is 14.1. The number of hydrogen-bond acceptors (Lipinski definition) is 0. The molecule has 0 aliphatic heterocycles. The van der Waals surface area contributed by atoms with Crippen LogP contribution in [-0.4, -0.2) is 33.6 Å². The Balaban J connectivity index is 0. The van der Waals surface area contributed by atoms with Crippen LogP contribution in [0.15, 0.2) is 46.4 Å². The maximum atomic E-state index is 2.43. The molecule has 0 fully saturated rings. The molecule has 0 saturated carbocycles. The molecule has 122 valence electrons. The maximum absolute atomic E-state index is 2.43. The van der Waals surface area contributed by atoms with Gasteiger partial charge in [-0.15, -0.1) is 0 Å².